The molecular formula is C23H28FN5. The Labute approximate surface area is 171 Å². The molecule has 1 heterocycles. The first-order valence-corrected chi connectivity index (χ1v) is 9.96. The van der Waals surface area contributed by atoms with E-state index < -0.39 is 0 Å². The first-order chi connectivity index (χ1) is 14.1. The predicted octanol–water partition coefficient (Wildman–Crippen LogP) is 3.68. The lowest BCUT2D eigenvalue weighted by molar-refractivity contribution is 0.625. The SMILES string of the molecule is CCNC(=NCc1cccc(Cn2ccnc2C)c1)NCCc1cccc(F)c1. The number of hydrogen-bond acceptors (Lipinski definition) is 2. The molecule has 29 heavy (non-hydrogen) atoms. The fraction of sp³-hybridized carbons (Fsp3) is 0.304. The van der Waals surface area contributed by atoms with Gasteiger partial charge in [0.15, 0.2) is 5.96 Å². The van der Waals surface area contributed by atoms with Crippen molar-refractivity contribution in [3.05, 3.63) is 89.3 Å². The lowest BCUT2D eigenvalue weighted by Crippen LogP contribution is -2.38. The molecule has 3 aromatic rings. The fourth-order valence-electron chi connectivity index (χ4n) is 3.12. The van der Waals surface area contributed by atoms with Crippen LogP contribution in [0, 0.1) is 12.7 Å². The number of rotatable bonds is 8. The Hall–Kier alpha value is -3.15. The summed E-state index contributed by atoms with van der Waals surface area (Å²) in [6.07, 6.45) is 4.55. The number of guanidine groups is 1. The molecule has 1 aromatic heterocycles. The van der Waals surface area contributed by atoms with E-state index in [4.69, 9.17) is 0 Å². The minimum absolute atomic E-state index is 0.200. The first-order valence-electron chi connectivity index (χ1n) is 9.96. The molecule has 0 amide bonds. The quantitative estimate of drug-likeness (QED) is 0.453. The summed E-state index contributed by atoms with van der Waals surface area (Å²) in [5.41, 5.74) is 3.35. The summed E-state index contributed by atoms with van der Waals surface area (Å²) in [4.78, 5) is 8.96. The number of nitrogens with one attached hydrogen (secondary N) is 2. The van der Waals surface area contributed by atoms with Gasteiger partial charge < -0.3 is 15.2 Å². The molecule has 0 spiro atoms. The van der Waals surface area contributed by atoms with Crippen molar-refractivity contribution in [1.29, 1.82) is 0 Å². The third kappa shape index (κ3) is 6.45. The van der Waals surface area contributed by atoms with E-state index in [9.17, 15) is 4.39 Å². The minimum atomic E-state index is -0.200. The number of aliphatic imine (C=N–C) groups is 1. The summed E-state index contributed by atoms with van der Waals surface area (Å²) in [6, 6.07) is 15.2. The van der Waals surface area contributed by atoms with Crippen molar-refractivity contribution in [2.24, 2.45) is 4.99 Å². The van der Waals surface area contributed by atoms with E-state index >= 15 is 0 Å². The highest BCUT2D eigenvalue weighted by atomic mass is 19.1. The summed E-state index contributed by atoms with van der Waals surface area (Å²) in [6.45, 7) is 6.91. The van der Waals surface area contributed by atoms with Gasteiger partial charge in [-0.05, 0) is 49.1 Å². The summed E-state index contributed by atoms with van der Waals surface area (Å²) in [5.74, 6) is 1.57. The zero-order valence-electron chi connectivity index (χ0n) is 17.0. The Kier molecular flexibility index (Phi) is 7.39. The molecule has 0 fully saturated rings. The third-order valence-electron chi connectivity index (χ3n) is 4.63. The van der Waals surface area contributed by atoms with Crippen LogP contribution in [0.15, 0.2) is 65.9 Å². The van der Waals surface area contributed by atoms with Crippen molar-refractivity contribution in [2.45, 2.75) is 33.4 Å². The lowest BCUT2D eigenvalue weighted by atomic mass is 10.1. The van der Waals surface area contributed by atoms with Crippen molar-refractivity contribution in [1.82, 2.24) is 20.2 Å². The molecule has 0 saturated heterocycles. The molecule has 0 radical (unpaired) electrons. The van der Waals surface area contributed by atoms with Crippen molar-refractivity contribution >= 4 is 5.96 Å². The van der Waals surface area contributed by atoms with Crippen molar-refractivity contribution in [3.8, 4) is 0 Å². The number of nitrogens with zero attached hydrogens (tertiary/aromatic N) is 3. The Morgan fingerprint density at radius 1 is 1.07 bits per heavy atom. The summed E-state index contributed by atoms with van der Waals surface area (Å²) in [5, 5.41) is 6.58. The van der Waals surface area contributed by atoms with Crippen LogP contribution in [0.2, 0.25) is 0 Å². The van der Waals surface area contributed by atoms with Gasteiger partial charge in [-0.15, -0.1) is 0 Å². The fourth-order valence-corrected chi connectivity index (χ4v) is 3.12. The molecule has 0 bridgehead atoms. The van der Waals surface area contributed by atoms with Gasteiger partial charge in [0.05, 0.1) is 6.54 Å². The lowest BCUT2D eigenvalue weighted by Gasteiger charge is -2.12. The average molecular weight is 394 g/mol. The van der Waals surface area contributed by atoms with Crippen molar-refractivity contribution in [3.63, 3.8) is 0 Å². The van der Waals surface area contributed by atoms with E-state index in [1.165, 1.54) is 11.6 Å². The standard InChI is InChI=1S/C23H28FN5/c1-3-25-23(27-11-10-19-6-5-9-22(24)15-19)28-16-20-7-4-8-21(14-20)17-29-13-12-26-18(29)2/h4-9,12-15H,3,10-11,16-17H2,1-2H3,(H2,25,27,28). The van der Waals surface area contributed by atoms with Crippen molar-refractivity contribution < 1.29 is 4.39 Å². The molecule has 0 aliphatic carbocycles. The van der Waals surface area contributed by atoms with Crippen LogP contribution < -0.4 is 10.6 Å². The van der Waals surface area contributed by atoms with Crippen LogP contribution in [-0.2, 0) is 19.5 Å². The third-order valence-corrected chi connectivity index (χ3v) is 4.63. The predicted molar refractivity (Wildman–Crippen MR) is 115 cm³/mol. The second-order valence-corrected chi connectivity index (χ2v) is 6.92. The minimum Gasteiger partial charge on any atom is -0.357 e. The molecule has 0 atom stereocenters. The maximum atomic E-state index is 13.3. The molecule has 0 aliphatic rings. The van der Waals surface area contributed by atoms with Crippen LogP contribution >= 0.6 is 0 Å². The Morgan fingerprint density at radius 3 is 2.62 bits per heavy atom. The molecule has 0 unspecified atom stereocenters. The Bertz CT molecular complexity index is 948. The first kappa shape index (κ1) is 20.6. The maximum absolute atomic E-state index is 13.3. The van der Waals surface area contributed by atoms with Gasteiger partial charge in [0.2, 0.25) is 0 Å². The van der Waals surface area contributed by atoms with Gasteiger partial charge in [-0.2, -0.15) is 0 Å². The van der Waals surface area contributed by atoms with Gasteiger partial charge in [-0.25, -0.2) is 14.4 Å². The topological polar surface area (TPSA) is 54.2 Å². The highest BCUT2D eigenvalue weighted by Gasteiger charge is 2.02. The number of halogens is 1. The number of aryl methyl sites for hydroxylation is 1. The van der Waals surface area contributed by atoms with Crippen LogP contribution in [0.4, 0.5) is 4.39 Å². The van der Waals surface area contributed by atoms with Gasteiger partial charge in [0.25, 0.3) is 0 Å². The number of imidazole rings is 1. The highest BCUT2D eigenvalue weighted by Crippen LogP contribution is 2.10. The second-order valence-electron chi connectivity index (χ2n) is 6.92. The van der Waals surface area contributed by atoms with Crippen LogP contribution in [-0.4, -0.2) is 28.6 Å². The van der Waals surface area contributed by atoms with Gasteiger partial charge in [0, 0.05) is 32.0 Å². The average Bonchev–Trinajstić information content (AvgIpc) is 3.11. The largest absolute Gasteiger partial charge is 0.357 e. The Morgan fingerprint density at radius 2 is 1.86 bits per heavy atom. The zero-order valence-corrected chi connectivity index (χ0v) is 17.0. The molecule has 0 aliphatic heterocycles. The maximum Gasteiger partial charge on any atom is 0.191 e. The molecule has 6 heteroatoms. The van der Waals surface area contributed by atoms with Crippen LogP contribution in [0.3, 0.4) is 0 Å². The number of benzene rings is 2. The van der Waals surface area contributed by atoms with E-state index in [1.54, 1.807) is 12.1 Å². The monoisotopic (exact) mass is 393 g/mol. The zero-order chi connectivity index (χ0) is 20.5. The summed E-state index contributed by atoms with van der Waals surface area (Å²) >= 11 is 0. The van der Waals surface area contributed by atoms with E-state index in [0.717, 1.165) is 42.4 Å². The molecule has 5 nitrogen and oxygen atoms in total. The highest BCUT2D eigenvalue weighted by molar-refractivity contribution is 5.79. The normalized spacial score (nSPS) is 11.5. The van der Waals surface area contributed by atoms with Gasteiger partial charge in [0.1, 0.15) is 11.6 Å². The van der Waals surface area contributed by atoms with Crippen molar-refractivity contribution in [2.75, 3.05) is 13.1 Å². The van der Waals surface area contributed by atoms with Gasteiger partial charge in [-0.1, -0.05) is 36.4 Å². The molecule has 152 valence electrons. The van der Waals surface area contributed by atoms with Crippen LogP contribution in [0.25, 0.3) is 0 Å². The molecule has 3 rings (SSSR count). The van der Waals surface area contributed by atoms with E-state index in [2.05, 4.69) is 49.4 Å². The number of hydrogen-bond donors (Lipinski definition) is 2. The molecule has 0 saturated carbocycles. The van der Waals surface area contributed by atoms with E-state index in [1.807, 2.05) is 32.3 Å². The van der Waals surface area contributed by atoms with Crippen LogP contribution in [0.1, 0.15) is 29.4 Å². The summed E-state index contributed by atoms with van der Waals surface area (Å²) < 4.78 is 15.4. The summed E-state index contributed by atoms with van der Waals surface area (Å²) in [7, 11) is 0. The smallest absolute Gasteiger partial charge is 0.191 e. The molecule has 2 N–H and O–H groups in total. The second kappa shape index (κ2) is 10.4. The van der Waals surface area contributed by atoms with Crippen LogP contribution in [0.5, 0.6) is 0 Å². The molecule has 2 aromatic carbocycles. The molecular weight excluding hydrogens is 365 g/mol. The van der Waals surface area contributed by atoms with Gasteiger partial charge in [-0.3, -0.25) is 0 Å². The van der Waals surface area contributed by atoms with Gasteiger partial charge >= 0.3 is 0 Å². The van der Waals surface area contributed by atoms with E-state index in [-0.39, 0.29) is 5.82 Å². The number of aromatic nitrogens is 2. The van der Waals surface area contributed by atoms with E-state index in [0.29, 0.717) is 13.1 Å². The Balaban J connectivity index is 1.57.